The molecule has 2 atom stereocenters. The molecule has 5 rings (SSSR count). The molecule has 0 radical (unpaired) electrons. The lowest BCUT2D eigenvalue weighted by molar-refractivity contribution is 0.242. The van der Waals surface area contributed by atoms with Gasteiger partial charge < -0.3 is 4.85 Å². The molecule has 0 spiro atoms. The summed E-state index contributed by atoms with van der Waals surface area (Å²) in [5.74, 6) is -1.34. The fraction of sp³-hybridized carbons (Fsp3) is 0.304. The van der Waals surface area contributed by atoms with Crippen molar-refractivity contribution < 1.29 is 8.78 Å². The normalized spacial score (nSPS) is 22.6. The monoisotopic (exact) mass is 414 g/mol. The smallest absolute Gasteiger partial charge is 0.306 e. The molecular formula is C23H16F2N6. The van der Waals surface area contributed by atoms with Gasteiger partial charge in [-0.25, -0.2) is 8.78 Å². The summed E-state index contributed by atoms with van der Waals surface area (Å²) in [6.07, 6.45) is 3.11. The third-order valence-electron chi connectivity index (χ3n) is 7.00. The maximum atomic E-state index is 14.3. The molecule has 1 saturated carbocycles. The second-order valence-corrected chi connectivity index (χ2v) is 8.50. The van der Waals surface area contributed by atoms with Gasteiger partial charge in [0.1, 0.15) is 17.7 Å². The molecular weight excluding hydrogens is 398 g/mol. The molecule has 2 bridgehead atoms. The zero-order chi connectivity index (χ0) is 22.0. The van der Waals surface area contributed by atoms with E-state index in [1.165, 1.54) is 18.2 Å². The number of hydrogen-bond donors (Lipinski definition) is 0. The molecule has 2 aliphatic rings. The fourth-order valence-corrected chi connectivity index (χ4v) is 5.50. The van der Waals surface area contributed by atoms with Gasteiger partial charge in [-0.2, -0.15) is 10.4 Å². The van der Waals surface area contributed by atoms with E-state index in [1.807, 2.05) is 6.07 Å². The SMILES string of the molecule is [C-]#[N+]c1nc(C23CC[C@@H](c4cc(-c5c(F)cccc5F)nnc42)C3(C)C)cnc1C#N. The van der Waals surface area contributed by atoms with E-state index in [0.717, 1.165) is 18.4 Å². The van der Waals surface area contributed by atoms with E-state index >= 15 is 0 Å². The minimum absolute atomic E-state index is 0.0165. The molecule has 8 heteroatoms. The summed E-state index contributed by atoms with van der Waals surface area (Å²) in [5, 5.41) is 17.8. The van der Waals surface area contributed by atoms with Crippen LogP contribution in [0.5, 0.6) is 0 Å². The molecule has 152 valence electrons. The lowest BCUT2D eigenvalue weighted by Crippen LogP contribution is -2.38. The average Bonchev–Trinajstić information content (AvgIpc) is 3.14. The van der Waals surface area contributed by atoms with Crippen LogP contribution in [0.3, 0.4) is 0 Å². The van der Waals surface area contributed by atoms with Crippen LogP contribution in [0.15, 0.2) is 30.5 Å². The topological polar surface area (TPSA) is 79.7 Å². The maximum Gasteiger partial charge on any atom is 0.306 e. The Morgan fingerprint density at radius 3 is 2.65 bits per heavy atom. The standard InChI is InChI=1S/C23H16F2N6/c1-22(2)13-7-8-23(22,18-11-28-17(10-26)21(27-3)29-18)20-12(13)9-16(30-31-20)19-14(24)5-4-6-15(19)25/h4-6,9,11,13H,7-8H2,1-2H3/t13-,23?/m0/s1. The van der Waals surface area contributed by atoms with Gasteiger partial charge in [-0.3, -0.25) is 4.98 Å². The summed E-state index contributed by atoms with van der Waals surface area (Å²) >= 11 is 0. The Labute approximate surface area is 177 Å². The quantitative estimate of drug-likeness (QED) is 0.561. The van der Waals surface area contributed by atoms with Crippen LogP contribution in [0.2, 0.25) is 0 Å². The molecule has 0 saturated heterocycles. The molecule has 1 aromatic carbocycles. The minimum atomic E-state index is -0.689. The van der Waals surface area contributed by atoms with Crippen molar-refractivity contribution in [2.24, 2.45) is 5.41 Å². The van der Waals surface area contributed by atoms with Crippen molar-refractivity contribution in [2.75, 3.05) is 0 Å². The third-order valence-corrected chi connectivity index (χ3v) is 7.00. The Bertz CT molecular complexity index is 1320. The van der Waals surface area contributed by atoms with Crippen LogP contribution in [0, 0.1) is 35.0 Å². The molecule has 6 nitrogen and oxygen atoms in total. The van der Waals surface area contributed by atoms with Gasteiger partial charge in [-0.05, 0) is 47.9 Å². The molecule has 2 aromatic heterocycles. The first-order valence-electron chi connectivity index (χ1n) is 9.82. The molecule has 0 amide bonds. The Morgan fingerprint density at radius 1 is 1.23 bits per heavy atom. The Morgan fingerprint density at radius 2 is 1.97 bits per heavy atom. The zero-order valence-electron chi connectivity index (χ0n) is 16.8. The van der Waals surface area contributed by atoms with Crippen molar-refractivity contribution in [3.8, 4) is 17.3 Å². The van der Waals surface area contributed by atoms with Crippen molar-refractivity contribution in [3.05, 3.63) is 76.2 Å². The number of halogens is 2. The average molecular weight is 414 g/mol. The van der Waals surface area contributed by atoms with Crippen LogP contribution >= 0.6 is 0 Å². The van der Waals surface area contributed by atoms with Gasteiger partial charge in [0.05, 0.1) is 28.6 Å². The summed E-state index contributed by atoms with van der Waals surface area (Å²) in [5.41, 5.74) is 1.12. The van der Waals surface area contributed by atoms with E-state index in [1.54, 1.807) is 12.3 Å². The van der Waals surface area contributed by atoms with Crippen molar-refractivity contribution in [2.45, 2.75) is 38.0 Å². The number of aromatic nitrogens is 4. The molecule has 2 aliphatic carbocycles. The molecule has 0 aliphatic heterocycles. The fourth-order valence-electron chi connectivity index (χ4n) is 5.50. The van der Waals surface area contributed by atoms with Crippen molar-refractivity contribution in [1.29, 1.82) is 5.26 Å². The maximum absolute atomic E-state index is 14.3. The number of nitrogens with zero attached hydrogens (tertiary/aromatic N) is 6. The Kier molecular flexibility index (Phi) is 3.94. The van der Waals surface area contributed by atoms with E-state index in [-0.39, 0.29) is 34.1 Å². The van der Waals surface area contributed by atoms with Gasteiger partial charge in [-0.1, -0.05) is 26.5 Å². The molecule has 1 fully saturated rings. The summed E-state index contributed by atoms with van der Waals surface area (Å²) < 4.78 is 28.7. The van der Waals surface area contributed by atoms with Crippen molar-refractivity contribution in [3.63, 3.8) is 0 Å². The molecule has 2 heterocycles. The lowest BCUT2D eigenvalue weighted by Gasteiger charge is -2.35. The van der Waals surface area contributed by atoms with E-state index < -0.39 is 17.0 Å². The lowest BCUT2D eigenvalue weighted by atomic mass is 9.66. The van der Waals surface area contributed by atoms with Gasteiger partial charge in [0.2, 0.25) is 0 Å². The Hall–Kier alpha value is -3.78. The number of hydrogen-bond acceptors (Lipinski definition) is 5. The molecule has 31 heavy (non-hydrogen) atoms. The summed E-state index contributed by atoms with van der Waals surface area (Å²) in [4.78, 5) is 12.0. The summed E-state index contributed by atoms with van der Waals surface area (Å²) in [6, 6.07) is 7.33. The highest BCUT2D eigenvalue weighted by molar-refractivity contribution is 5.64. The van der Waals surface area contributed by atoms with Crippen LogP contribution in [0.1, 0.15) is 55.3 Å². The van der Waals surface area contributed by atoms with Crippen LogP contribution in [-0.4, -0.2) is 20.2 Å². The van der Waals surface area contributed by atoms with Crippen LogP contribution in [0.25, 0.3) is 16.1 Å². The molecule has 1 unspecified atom stereocenters. The first-order valence-corrected chi connectivity index (χ1v) is 9.82. The van der Waals surface area contributed by atoms with Crippen LogP contribution < -0.4 is 0 Å². The largest absolute Gasteiger partial charge is 0.358 e. The first-order chi connectivity index (χ1) is 14.8. The summed E-state index contributed by atoms with van der Waals surface area (Å²) in [6.45, 7) is 11.6. The minimum Gasteiger partial charge on any atom is -0.358 e. The highest BCUT2D eigenvalue weighted by Gasteiger charge is 2.66. The summed E-state index contributed by atoms with van der Waals surface area (Å²) in [7, 11) is 0. The second kappa shape index (κ2) is 6.36. The predicted octanol–water partition coefficient (Wildman–Crippen LogP) is 4.84. The van der Waals surface area contributed by atoms with Crippen molar-refractivity contribution in [1.82, 2.24) is 20.2 Å². The van der Waals surface area contributed by atoms with Crippen molar-refractivity contribution >= 4 is 5.82 Å². The van der Waals surface area contributed by atoms with E-state index in [0.29, 0.717) is 11.4 Å². The van der Waals surface area contributed by atoms with Gasteiger partial charge in [0, 0.05) is 0 Å². The van der Waals surface area contributed by atoms with Crippen LogP contribution in [-0.2, 0) is 5.41 Å². The highest BCUT2D eigenvalue weighted by Crippen LogP contribution is 2.69. The zero-order valence-corrected chi connectivity index (χ0v) is 16.8. The third kappa shape index (κ3) is 2.33. The van der Waals surface area contributed by atoms with Crippen LogP contribution in [0.4, 0.5) is 14.6 Å². The second-order valence-electron chi connectivity index (χ2n) is 8.50. The number of fused-ring (bicyclic) bond motifs is 5. The van der Waals surface area contributed by atoms with E-state index in [9.17, 15) is 14.0 Å². The predicted molar refractivity (Wildman–Crippen MR) is 107 cm³/mol. The number of rotatable bonds is 2. The number of nitriles is 1. The van der Waals surface area contributed by atoms with Gasteiger partial charge in [0.25, 0.3) is 0 Å². The molecule has 3 aromatic rings. The highest BCUT2D eigenvalue weighted by atomic mass is 19.1. The number of benzene rings is 1. The van der Waals surface area contributed by atoms with E-state index in [4.69, 9.17) is 6.57 Å². The molecule has 0 N–H and O–H groups in total. The van der Waals surface area contributed by atoms with Gasteiger partial charge in [-0.15, -0.1) is 10.1 Å². The Balaban J connectivity index is 1.73. The van der Waals surface area contributed by atoms with Gasteiger partial charge >= 0.3 is 5.82 Å². The van der Waals surface area contributed by atoms with E-state index in [2.05, 4.69) is 38.9 Å². The van der Waals surface area contributed by atoms with Gasteiger partial charge in [0.15, 0.2) is 11.4 Å². The first kappa shape index (κ1) is 19.2.